The van der Waals surface area contributed by atoms with Gasteiger partial charge in [0.15, 0.2) is 5.96 Å². The molecule has 0 aliphatic carbocycles. The lowest BCUT2D eigenvalue weighted by atomic mass is 10.2. The van der Waals surface area contributed by atoms with Crippen LogP contribution in [-0.2, 0) is 6.54 Å². The number of hydrogen-bond acceptors (Lipinski definition) is 4. The van der Waals surface area contributed by atoms with E-state index in [9.17, 15) is 5.11 Å². The van der Waals surface area contributed by atoms with Crippen LogP contribution in [0.15, 0.2) is 59.6 Å². The Morgan fingerprint density at radius 3 is 2.57 bits per heavy atom. The molecule has 1 atom stereocenters. The monoisotopic (exact) mass is 511 g/mol. The van der Waals surface area contributed by atoms with Crippen LogP contribution in [0.5, 0.6) is 5.75 Å². The molecule has 1 unspecified atom stereocenters. The zero-order valence-corrected chi connectivity index (χ0v) is 19.2. The van der Waals surface area contributed by atoms with E-state index in [0.717, 1.165) is 28.1 Å². The van der Waals surface area contributed by atoms with Crippen LogP contribution in [0.1, 0.15) is 23.5 Å². The summed E-state index contributed by atoms with van der Waals surface area (Å²) in [6.45, 7) is 3.74. The SMILES string of the molecule is CCNC(=NCc1ccc(OC)cc1)NCC(O)c1cc2ccccc2s1.I. The largest absolute Gasteiger partial charge is 0.497 e. The molecule has 1 heterocycles. The molecule has 1 aromatic heterocycles. The van der Waals surface area contributed by atoms with Crippen molar-refractivity contribution in [2.24, 2.45) is 4.99 Å². The number of nitrogens with zero attached hydrogens (tertiary/aromatic N) is 1. The van der Waals surface area contributed by atoms with Gasteiger partial charge in [-0.2, -0.15) is 0 Å². The molecule has 3 N–H and O–H groups in total. The second-order valence-electron chi connectivity index (χ2n) is 6.13. The van der Waals surface area contributed by atoms with Crippen LogP contribution in [0.3, 0.4) is 0 Å². The number of nitrogens with one attached hydrogen (secondary N) is 2. The highest BCUT2D eigenvalue weighted by Crippen LogP contribution is 2.29. The van der Waals surface area contributed by atoms with Gasteiger partial charge in [0.1, 0.15) is 11.9 Å². The van der Waals surface area contributed by atoms with Gasteiger partial charge in [-0.25, -0.2) is 4.99 Å². The number of thiophene rings is 1. The van der Waals surface area contributed by atoms with E-state index in [-0.39, 0.29) is 24.0 Å². The summed E-state index contributed by atoms with van der Waals surface area (Å²) < 4.78 is 6.36. The fraction of sp³-hybridized carbons (Fsp3) is 0.286. The molecule has 0 fully saturated rings. The molecule has 0 aliphatic rings. The first kappa shape index (κ1) is 22.4. The minimum atomic E-state index is -0.577. The predicted octanol–water partition coefficient (Wildman–Crippen LogP) is 4.32. The van der Waals surface area contributed by atoms with Gasteiger partial charge < -0.3 is 20.5 Å². The smallest absolute Gasteiger partial charge is 0.191 e. The second kappa shape index (κ2) is 11.2. The first-order chi connectivity index (χ1) is 13.2. The van der Waals surface area contributed by atoms with Gasteiger partial charge in [-0.3, -0.25) is 0 Å². The molecule has 0 amide bonds. The molecule has 7 heteroatoms. The number of rotatable bonds is 7. The third kappa shape index (κ3) is 6.08. The molecule has 150 valence electrons. The maximum Gasteiger partial charge on any atom is 0.191 e. The molecular weight excluding hydrogens is 485 g/mol. The number of aliphatic hydroxyl groups is 1. The molecule has 3 rings (SSSR count). The summed E-state index contributed by atoms with van der Waals surface area (Å²) in [4.78, 5) is 5.55. The highest BCUT2D eigenvalue weighted by molar-refractivity contribution is 14.0. The van der Waals surface area contributed by atoms with Gasteiger partial charge in [-0.05, 0) is 42.1 Å². The molecule has 0 saturated heterocycles. The Kier molecular flexibility index (Phi) is 9.01. The van der Waals surface area contributed by atoms with Crippen LogP contribution >= 0.6 is 35.3 Å². The molecular formula is C21H26IN3O2S. The second-order valence-corrected chi connectivity index (χ2v) is 7.24. The lowest BCUT2D eigenvalue weighted by molar-refractivity contribution is 0.184. The molecule has 0 radical (unpaired) electrons. The van der Waals surface area contributed by atoms with Gasteiger partial charge in [0.05, 0.1) is 13.7 Å². The third-order valence-electron chi connectivity index (χ3n) is 4.16. The number of benzene rings is 2. The Bertz CT molecular complexity index is 863. The van der Waals surface area contributed by atoms with Gasteiger partial charge in [-0.1, -0.05) is 30.3 Å². The highest BCUT2D eigenvalue weighted by atomic mass is 127. The molecule has 3 aromatic rings. The van der Waals surface area contributed by atoms with Crippen molar-refractivity contribution < 1.29 is 9.84 Å². The first-order valence-electron chi connectivity index (χ1n) is 9.01. The maximum atomic E-state index is 10.5. The first-order valence-corrected chi connectivity index (χ1v) is 9.83. The van der Waals surface area contributed by atoms with Crippen molar-refractivity contribution in [3.63, 3.8) is 0 Å². The van der Waals surface area contributed by atoms with Crippen molar-refractivity contribution >= 4 is 51.4 Å². The quantitative estimate of drug-likeness (QED) is 0.251. The fourth-order valence-corrected chi connectivity index (χ4v) is 3.75. The number of guanidine groups is 1. The predicted molar refractivity (Wildman–Crippen MR) is 128 cm³/mol. The third-order valence-corrected chi connectivity index (χ3v) is 5.38. The maximum absolute atomic E-state index is 10.5. The summed E-state index contributed by atoms with van der Waals surface area (Å²) in [5, 5.41) is 18.1. The average Bonchev–Trinajstić information content (AvgIpc) is 3.14. The van der Waals surface area contributed by atoms with Gasteiger partial charge >= 0.3 is 0 Å². The van der Waals surface area contributed by atoms with E-state index in [4.69, 9.17) is 4.74 Å². The summed E-state index contributed by atoms with van der Waals surface area (Å²) in [6, 6.07) is 18.1. The Morgan fingerprint density at radius 1 is 1.14 bits per heavy atom. The van der Waals surface area contributed by atoms with E-state index in [0.29, 0.717) is 19.0 Å². The van der Waals surface area contributed by atoms with Crippen molar-refractivity contribution in [3.8, 4) is 5.75 Å². The van der Waals surface area contributed by atoms with Crippen LogP contribution in [0.25, 0.3) is 10.1 Å². The number of fused-ring (bicyclic) bond motifs is 1. The molecule has 28 heavy (non-hydrogen) atoms. The molecule has 5 nitrogen and oxygen atoms in total. The standard InChI is InChI=1S/C21H25N3O2S.HI/c1-3-22-21(23-13-15-8-10-17(26-2)11-9-15)24-14-18(25)20-12-16-6-4-5-7-19(16)27-20;/h4-12,18,25H,3,13-14H2,1-2H3,(H2,22,23,24);1H. The Labute approximate surface area is 186 Å². The van der Waals surface area contributed by atoms with Gasteiger partial charge in [0.25, 0.3) is 0 Å². The van der Waals surface area contributed by atoms with Crippen molar-refractivity contribution in [1.82, 2.24) is 10.6 Å². The molecule has 0 spiro atoms. The van der Waals surface area contributed by atoms with Crippen LogP contribution in [0.2, 0.25) is 0 Å². The topological polar surface area (TPSA) is 65.9 Å². The lowest BCUT2D eigenvalue weighted by Gasteiger charge is -2.14. The van der Waals surface area contributed by atoms with Crippen molar-refractivity contribution in [1.29, 1.82) is 0 Å². The number of halogens is 1. The Balaban J connectivity index is 0.00000280. The molecule has 0 saturated carbocycles. The zero-order valence-electron chi connectivity index (χ0n) is 16.0. The van der Waals surface area contributed by atoms with Gasteiger partial charge in [-0.15, -0.1) is 35.3 Å². The summed E-state index contributed by atoms with van der Waals surface area (Å²) in [7, 11) is 1.66. The summed E-state index contributed by atoms with van der Waals surface area (Å²) >= 11 is 1.62. The van der Waals surface area contributed by atoms with Crippen molar-refractivity contribution in [2.75, 3.05) is 20.2 Å². The molecule has 0 bridgehead atoms. The molecule has 0 aliphatic heterocycles. The fourth-order valence-electron chi connectivity index (χ4n) is 2.70. The van der Waals surface area contributed by atoms with Gasteiger partial charge in [0.2, 0.25) is 0 Å². The van der Waals surface area contributed by atoms with Crippen LogP contribution in [0, 0.1) is 0 Å². The molecule has 2 aromatic carbocycles. The number of aliphatic hydroxyl groups excluding tert-OH is 1. The Hall–Kier alpha value is -1.84. The summed E-state index contributed by atoms with van der Waals surface area (Å²) in [6.07, 6.45) is -0.577. The number of hydrogen-bond donors (Lipinski definition) is 3. The van der Waals surface area contributed by atoms with Crippen LogP contribution in [0.4, 0.5) is 0 Å². The number of ether oxygens (including phenoxy) is 1. The van der Waals surface area contributed by atoms with Crippen molar-refractivity contribution in [3.05, 3.63) is 65.0 Å². The zero-order chi connectivity index (χ0) is 19.1. The van der Waals surface area contributed by atoms with E-state index in [1.54, 1.807) is 18.4 Å². The summed E-state index contributed by atoms with van der Waals surface area (Å²) in [5.41, 5.74) is 1.10. The van der Waals surface area contributed by atoms with Crippen LogP contribution in [-0.4, -0.2) is 31.3 Å². The van der Waals surface area contributed by atoms with Crippen molar-refractivity contribution in [2.45, 2.75) is 19.6 Å². The Morgan fingerprint density at radius 2 is 1.89 bits per heavy atom. The van der Waals surface area contributed by atoms with E-state index in [1.165, 1.54) is 4.70 Å². The average molecular weight is 511 g/mol. The lowest BCUT2D eigenvalue weighted by Crippen LogP contribution is -2.39. The number of methoxy groups -OCH3 is 1. The minimum absolute atomic E-state index is 0. The minimum Gasteiger partial charge on any atom is -0.497 e. The van der Waals surface area contributed by atoms with E-state index in [2.05, 4.69) is 27.8 Å². The normalized spacial score (nSPS) is 12.3. The highest BCUT2D eigenvalue weighted by Gasteiger charge is 2.12. The number of aliphatic imine (C=N–C) groups is 1. The van der Waals surface area contributed by atoms with E-state index >= 15 is 0 Å². The summed E-state index contributed by atoms with van der Waals surface area (Å²) in [5.74, 6) is 1.52. The van der Waals surface area contributed by atoms with E-state index in [1.807, 2.05) is 49.4 Å². The van der Waals surface area contributed by atoms with E-state index < -0.39 is 6.10 Å². The van der Waals surface area contributed by atoms with Crippen LogP contribution < -0.4 is 15.4 Å². The van der Waals surface area contributed by atoms with Gasteiger partial charge in [0, 0.05) is 22.7 Å².